The second-order valence-corrected chi connectivity index (χ2v) is 7.54. The summed E-state index contributed by atoms with van der Waals surface area (Å²) in [6, 6.07) is 9.61. The first-order valence-corrected chi connectivity index (χ1v) is 9.86. The molecule has 0 saturated heterocycles. The summed E-state index contributed by atoms with van der Waals surface area (Å²) in [5, 5.41) is 6.92. The predicted molar refractivity (Wildman–Crippen MR) is 113 cm³/mol. The molecule has 148 valence electrons. The van der Waals surface area contributed by atoms with Crippen LogP contribution in [0.25, 0.3) is 22.3 Å². The van der Waals surface area contributed by atoms with Crippen molar-refractivity contribution in [2.45, 2.75) is 13.5 Å². The molecule has 0 fully saturated rings. The van der Waals surface area contributed by atoms with Crippen LogP contribution in [0.15, 0.2) is 50.7 Å². The summed E-state index contributed by atoms with van der Waals surface area (Å²) in [5.41, 5.74) is 2.44. The number of fused-ring (bicyclic) bond motifs is 1. The number of hydrogen-bond acceptors (Lipinski definition) is 5. The molecule has 1 aromatic carbocycles. The topological polar surface area (TPSA) is 90.9 Å². The van der Waals surface area contributed by atoms with Crippen molar-refractivity contribution in [2.75, 3.05) is 5.32 Å². The zero-order chi connectivity index (χ0) is 20.7. The standard InChI is InChI=1S/C20H19N5O3S/c1-12-21-18-17(19(27)24(3)20(28)23(18)2)25(12)10-16(26)22-15-6-4-13(5-7-15)14-8-9-29-11-14/h4-9,11H,10H2,1-3H3,(H,22,26). The number of nitrogens with zero attached hydrogens (tertiary/aromatic N) is 4. The Labute approximate surface area is 169 Å². The van der Waals surface area contributed by atoms with Crippen molar-refractivity contribution in [3.05, 3.63) is 67.8 Å². The van der Waals surface area contributed by atoms with Crippen molar-refractivity contribution in [3.8, 4) is 11.1 Å². The van der Waals surface area contributed by atoms with Crippen LogP contribution in [-0.4, -0.2) is 24.6 Å². The lowest BCUT2D eigenvalue weighted by Gasteiger charge is -2.09. The second-order valence-electron chi connectivity index (χ2n) is 6.76. The number of carbonyl (C=O) groups excluding carboxylic acids is 1. The van der Waals surface area contributed by atoms with E-state index >= 15 is 0 Å². The molecule has 0 aliphatic carbocycles. The van der Waals surface area contributed by atoms with Crippen LogP contribution in [0.1, 0.15) is 5.82 Å². The minimum Gasteiger partial charge on any atom is -0.325 e. The van der Waals surface area contributed by atoms with E-state index in [9.17, 15) is 14.4 Å². The molecule has 0 unspecified atom stereocenters. The van der Waals surface area contributed by atoms with E-state index in [1.165, 1.54) is 16.2 Å². The number of anilines is 1. The van der Waals surface area contributed by atoms with Crippen molar-refractivity contribution in [1.29, 1.82) is 0 Å². The van der Waals surface area contributed by atoms with Crippen LogP contribution in [0.4, 0.5) is 5.69 Å². The van der Waals surface area contributed by atoms with Crippen molar-refractivity contribution in [3.63, 3.8) is 0 Å². The lowest BCUT2D eigenvalue weighted by molar-refractivity contribution is -0.116. The highest BCUT2D eigenvalue weighted by Gasteiger charge is 2.18. The zero-order valence-corrected chi connectivity index (χ0v) is 17.0. The van der Waals surface area contributed by atoms with E-state index in [0.29, 0.717) is 11.5 Å². The Bertz CT molecular complexity index is 1330. The van der Waals surface area contributed by atoms with Gasteiger partial charge in [-0.2, -0.15) is 11.3 Å². The molecule has 0 atom stereocenters. The molecule has 3 aromatic heterocycles. The first-order chi connectivity index (χ1) is 13.9. The molecule has 0 saturated carbocycles. The van der Waals surface area contributed by atoms with Gasteiger partial charge in [0.1, 0.15) is 12.4 Å². The molecule has 0 aliphatic rings. The van der Waals surface area contributed by atoms with E-state index in [2.05, 4.69) is 15.7 Å². The maximum absolute atomic E-state index is 12.6. The molecule has 8 nitrogen and oxygen atoms in total. The van der Waals surface area contributed by atoms with Crippen LogP contribution >= 0.6 is 11.3 Å². The lowest BCUT2D eigenvalue weighted by Crippen LogP contribution is -2.37. The Morgan fingerprint density at radius 2 is 1.79 bits per heavy atom. The molecule has 0 bridgehead atoms. The fourth-order valence-corrected chi connectivity index (χ4v) is 3.93. The van der Waals surface area contributed by atoms with Crippen molar-refractivity contribution in [1.82, 2.24) is 18.7 Å². The Morgan fingerprint density at radius 1 is 1.07 bits per heavy atom. The number of imidazole rings is 1. The van der Waals surface area contributed by atoms with Crippen molar-refractivity contribution < 1.29 is 4.79 Å². The lowest BCUT2D eigenvalue weighted by atomic mass is 10.1. The summed E-state index contributed by atoms with van der Waals surface area (Å²) in [5.74, 6) is 0.202. The number of aromatic nitrogens is 4. The normalized spacial score (nSPS) is 11.1. The van der Waals surface area contributed by atoms with Gasteiger partial charge in [-0.3, -0.25) is 18.7 Å². The first-order valence-electron chi connectivity index (χ1n) is 8.92. The average molecular weight is 409 g/mol. The van der Waals surface area contributed by atoms with E-state index in [4.69, 9.17) is 0 Å². The quantitative estimate of drug-likeness (QED) is 0.559. The number of hydrogen-bond donors (Lipinski definition) is 1. The Balaban J connectivity index is 1.60. The smallest absolute Gasteiger partial charge is 0.325 e. The number of aryl methyl sites for hydroxylation is 2. The van der Waals surface area contributed by atoms with Gasteiger partial charge in [0.2, 0.25) is 5.91 Å². The van der Waals surface area contributed by atoms with Gasteiger partial charge in [-0.05, 0) is 47.0 Å². The molecule has 0 aliphatic heterocycles. The minimum atomic E-state index is -0.475. The van der Waals surface area contributed by atoms with E-state index in [0.717, 1.165) is 15.7 Å². The molecular formula is C20H19N5O3S. The van der Waals surface area contributed by atoms with E-state index < -0.39 is 11.2 Å². The summed E-state index contributed by atoms with van der Waals surface area (Å²) < 4.78 is 3.86. The van der Waals surface area contributed by atoms with E-state index in [-0.39, 0.29) is 23.6 Å². The molecular weight excluding hydrogens is 390 g/mol. The van der Waals surface area contributed by atoms with E-state index in [1.54, 1.807) is 25.3 Å². The molecule has 3 heterocycles. The van der Waals surface area contributed by atoms with Crippen LogP contribution < -0.4 is 16.6 Å². The Hall–Kier alpha value is -3.46. The zero-order valence-electron chi connectivity index (χ0n) is 16.2. The largest absolute Gasteiger partial charge is 0.332 e. The van der Waals surface area contributed by atoms with Crippen LogP contribution in [0.3, 0.4) is 0 Å². The van der Waals surface area contributed by atoms with Gasteiger partial charge in [0, 0.05) is 19.8 Å². The van der Waals surface area contributed by atoms with Gasteiger partial charge in [0.05, 0.1) is 0 Å². The maximum Gasteiger partial charge on any atom is 0.332 e. The van der Waals surface area contributed by atoms with Crippen LogP contribution in [0.2, 0.25) is 0 Å². The summed E-state index contributed by atoms with van der Waals surface area (Å²) in [6.45, 7) is 1.62. The number of benzene rings is 1. The van der Waals surface area contributed by atoms with Gasteiger partial charge in [-0.1, -0.05) is 12.1 Å². The highest BCUT2D eigenvalue weighted by molar-refractivity contribution is 7.08. The number of carbonyl (C=O) groups is 1. The molecule has 0 radical (unpaired) electrons. The average Bonchev–Trinajstić information content (AvgIpc) is 3.34. The summed E-state index contributed by atoms with van der Waals surface area (Å²) >= 11 is 1.63. The monoisotopic (exact) mass is 409 g/mol. The number of amides is 1. The van der Waals surface area contributed by atoms with Gasteiger partial charge >= 0.3 is 5.69 Å². The molecule has 1 N–H and O–H groups in total. The highest BCUT2D eigenvalue weighted by Crippen LogP contribution is 2.23. The van der Waals surface area contributed by atoms with Crippen LogP contribution in [-0.2, 0) is 25.4 Å². The number of rotatable bonds is 4. The molecule has 4 rings (SSSR count). The van der Waals surface area contributed by atoms with Gasteiger partial charge in [-0.15, -0.1) is 0 Å². The molecule has 0 spiro atoms. The fourth-order valence-electron chi connectivity index (χ4n) is 3.27. The molecule has 9 heteroatoms. The fraction of sp³-hybridized carbons (Fsp3) is 0.200. The molecule has 4 aromatic rings. The van der Waals surface area contributed by atoms with Gasteiger partial charge in [-0.25, -0.2) is 9.78 Å². The number of thiophene rings is 1. The van der Waals surface area contributed by atoms with Crippen molar-refractivity contribution in [2.24, 2.45) is 14.1 Å². The number of nitrogens with one attached hydrogen (secondary N) is 1. The summed E-state index contributed by atoms with van der Waals surface area (Å²) in [6.07, 6.45) is 0. The second kappa shape index (κ2) is 7.17. The first kappa shape index (κ1) is 18.9. The maximum atomic E-state index is 12.6. The third-order valence-corrected chi connectivity index (χ3v) is 5.55. The van der Waals surface area contributed by atoms with Crippen LogP contribution in [0, 0.1) is 6.92 Å². The van der Waals surface area contributed by atoms with Gasteiger partial charge in [0.15, 0.2) is 11.2 Å². The predicted octanol–water partition coefficient (Wildman–Crippen LogP) is 2.11. The Kier molecular flexibility index (Phi) is 4.67. The van der Waals surface area contributed by atoms with Crippen LogP contribution in [0.5, 0.6) is 0 Å². The third kappa shape index (κ3) is 3.29. The SMILES string of the molecule is Cc1nc2c(c(=O)n(C)c(=O)n2C)n1CC(=O)Nc1ccc(-c2ccsc2)cc1. The molecule has 29 heavy (non-hydrogen) atoms. The highest BCUT2D eigenvalue weighted by atomic mass is 32.1. The van der Waals surface area contributed by atoms with Crippen molar-refractivity contribution >= 4 is 34.1 Å². The molecule has 1 amide bonds. The van der Waals surface area contributed by atoms with Gasteiger partial charge < -0.3 is 9.88 Å². The Morgan fingerprint density at radius 3 is 2.45 bits per heavy atom. The minimum absolute atomic E-state index is 0.0813. The summed E-state index contributed by atoms with van der Waals surface area (Å²) in [4.78, 5) is 41.6. The summed E-state index contributed by atoms with van der Waals surface area (Å²) in [7, 11) is 2.96. The third-order valence-electron chi connectivity index (χ3n) is 4.86. The van der Waals surface area contributed by atoms with Gasteiger partial charge in [0.25, 0.3) is 5.56 Å². The van der Waals surface area contributed by atoms with E-state index in [1.807, 2.05) is 35.7 Å².